The van der Waals surface area contributed by atoms with Crippen LogP contribution in [0.15, 0.2) is 36.4 Å². The van der Waals surface area contributed by atoms with E-state index >= 15 is 0 Å². The van der Waals surface area contributed by atoms with Crippen molar-refractivity contribution < 1.29 is 5.11 Å². The van der Waals surface area contributed by atoms with Gasteiger partial charge in [0, 0.05) is 12.7 Å². The lowest BCUT2D eigenvalue weighted by molar-refractivity contribution is 0.167. The van der Waals surface area contributed by atoms with Crippen molar-refractivity contribution >= 4 is 0 Å². The number of aliphatic hydroxyl groups excluding tert-OH is 1. The lowest BCUT2D eigenvalue weighted by atomic mass is 10.0. The van der Waals surface area contributed by atoms with E-state index in [0.29, 0.717) is 0 Å². The molecule has 1 N–H and O–H groups in total. The molecule has 0 saturated carbocycles. The molecular weight excluding hydrogens is 224 g/mol. The second kappa shape index (κ2) is 5.83. The minimum atomic E-state index is -0.397. The first kappa shape index (κ1) is 12.8. The van der Waals surface area contributed by atoms with E-state index in [1.165, 1.54) is 5.69 Å². The van der Waals surface area contributed by atoms with Crippen LogP contribution in [0.25, 0.3) is 0 Å². The minimum absolute atomic E-state index is 0.397. The smallest absolute Gasteiger partial charge is 0.0793 e. The summed E-state index contributed by atoms with van der Waals surface area (Å²) in [5, 5.41) is 14.5. The van der Waals surface area contributed by atoms with Crippen molar-refractivity contribution in [1.29, 1.82) is 0 Å². The van der Waals surface area contributed by atoms with E-state index in [1.807, 2.05) is 42.1 Å². The topological polar surface area (TPSA) is 38.0 Å². The van der Waals surface area contributed by atoms with Gasteiger partial charge >= 0.3 is 0 Å². The van der Waals surface area contributed by atoms with Crippen molar-refractivity contribution in [3.63, 3.8) is 0 Å². The molecule has 0 aliphatic rings. The average Bonchev–Trinajstić information content (AvgIpc) is 2.77. The Hall–Kier alpha value is -1.61. The Morgan fingerprint density at radius 2 is 2.00 bits per heavy atom. The molecule has 96 valence electrons. The number of rotatable bonds is 5. The number of benzene rings is 1. The Kier molecular flexibility index (Phi) is 4.15. The number of nitrogens with zero attached hydrogens (tertiary/aromatic N) is 2. The standard InChI is InChI=1S/C15H20N2O/c1-3-13-11-14(17(2)16-13)9-10-15(18)12-7-5-4-6-8-12/h4-8,11,15,18H,3,9-10H2,1-2H3. The summed E-state index contributed by atoms with van der Waals surface area (Å²) in [5.41, 5.74) is 3.28. The number of aryl methyl sites for hydroxylation is 3. The fourth-order valence-corrected chi connectivity index (χ4v) is 2.10. The minimum Gasteiger partial charge on any atom is -0.388 e. The van der Waals surface area contributed by atoms with Gasteiger partial charge in [-0.05, 0) is 30.9 Å². The number of aromatic nitrogens is 2. The highest BCUT2D eigenvalue weighted by Gasteiger charge is 2.09. The molecule has 1 heterocycles. The van der Waals surface area contributed by atoms with Gasteiger partial charge in [0.15, 0.2) is 0 Å². The van der Waals surface area contributed by atoms with Crippen LogP contribution in [0.1, 0.15) is 36.4 Å². The second-order valence-electron chi connectivity index (χ2n) is 4.57. The van der Waals surface area contributed by atoms with Crippen LogP contribution in [0, 0.1) is 0 Å². The number of hydrogen-bond donors (Lipinski definition) is 1. The summed E-state index contributed by atoms with van der Waals surface area (Å²) < 4.78 is 1.91. The van der Waals surface area contributed by atoms with Gasteiger partial charge in [-0.25, -0.2) is 0 Å². The number of hydrogen-bond acceptors (Lipinski definition) is 2. The summed E-state index contributed by atoms with van der Waals surface area (Å²) in [7, 11) is 1.96. The monoisotopic (exact) mass is 244 g/mol. The quantitative estimate of drug-likeness (QED) is 0.878. The molecule has 0 bridgehead atoms. The lowest BCUT2D eigenvalue weighted by Crippen LogP contribution is -2.03. The van der Waals surface area contributed by atoms with Crippen LogP contribution >= 0.6 is 0 Å². The van der Waals surface area contributed by atoms with Crippen molar-refractivity contribution in [2.75, 3.05) is 0 Å². The van der Waals surface area contributed by atoms with Crippen LogP contribution in [0.4, 0.5) is 0 Å². The van der Waals surface area contributed by atoms with Gasteiger partial charge in [0.2, 0.25) is 0 Å². The highest BCUT2D eigenvalue weighted by molar-refractivity contribution is 5.18. The molecule has 0 aliphatic carbocycles. The van der Waals surface area contributed by atoms with Gasteiger partial charge in [0.1, 0.15) is 0 Å². The first-order valence-corrected chi connectivity index (χ1v) is 6.45. The van der Waals surface area contributed by atoms with Crippen LogP contribution in [-0.4, -0.2) is 14.9 Å². The van der Waals surface area contributed by atoms with Gasteiger partial charge in [-0.15, -0.1) is 0 Å². The van der Waals surface area contributed by atoms with Crippen LogP contribution in [-0.2, 0) is 19.9 Å². The van der Waals surface area contributed by atoms with Crippen molar-refractivity contribution in [1.82, 2.24) is 9.78 Å². The molecule has 1 unspecified atom stereocenters. The zero-order valence-electron chi connectivity index (χ0n) is 11.0. The summed E-state index contributed by atoms with van der Waals surface area (Å²) >= 11 is 0. The fraction of sp³-hybridized carbons (Fsp3) is 0.400. The Balaban J connectivity index is 1.97. The molecule has 1 aromatic carbocycles. The van der Waals surface area contributed by atoms with Crippen molar-refractivity contribution in [2.45, 2.75) is 32.3 Å². The normalized spacial score (nSPS) is 12.6. The van der Waals surface area contributed by atoms with Crippen molar-refractivity contribution in [3.8, 4) is 0 Å². The third kappa shape index (κ3) is 2.99. The van der Waals surface area contributed by atoms with Crippen LogP contribution < -0.4 is 0 Å². The molecule has 1 atom stereocenters. The predicted molar refractivity (Wildman–Crippen MR) is 72.3 cm³/mol. The van der Waals surface area contributed by atoms with E-state index in [0.717, 1.165) is 30.5 Å². The highest BCUT2D eigenvalue weighted by atomic mass is 16.3. The summed E-state index contributed by atoms with van der Waals surface area (Å²) in [4.78, 5) is 0. The molecule has 0 fully saturated rings. The lowest BCUT2D eigenvalue weighted by Gasteiger charge is -2.10. The molecule has 0 amide bonds. The summed E-state index contributed by atoms with van der Waals surface area (Å²) in [5.74, 6) is 0. The zero-order chi connectivity index (χ0) is 13.0. The third-order valence-corrected chi connectivity index (χ3v) is 3.25. The maximum Gasteiger partial charge on any atom is 0.0793 e. The van der Waals surface area contributed by atoms with Crippen LogP contribution in [0.2, 0.25) is 0 Å². The van der Waals surface area contributed by atoms with E-state index < -0.39 is 6.10 Å². The van der Waals surface area contributed by atoms with E-state index in [1.54, 1.807) is 0 Å². The number of aliphatic hydroxyl groups is 1. The maximum absolute atomic E-state index is 10.1. The summed E-state index contributed by atoms with van der Waals surface area (Å²) in [6.07, 6.45) is 2.13. The highest BCUT2D eigenvalue weighted by Crippen LogP contribution is 2.18. The molecule has 3 heteroatoms. The zero-order valence-corrected chi connectivity index (χ0v) is 11.0. The van der Waals surface area contributed by atoms with Gasteiger partial charge in [-0.2, -0.15) is 5.10 Å². The predicted octanol–water partition coefficient (Wildman–Crippen LogP) is 2.65. The van der Waals surface area contributed by atoms with Crippen LogP contribution in [0.3, 0.4) is 0 Å². The second-order valence-corrected chi connectivity index (χ2v) is 4.57. The molecule has 0 aliphatic heterocycles. The Labute approximate surface area is 108 Å². The summed E-state index contributed by atoms with van der Waals surface area (Å²) in [6.45, 7) is 2.10. The molecule has 0 saturated heterocycles. The SMILES string of the molecule is CCc1cc(CCC(O)c2ccccc2)n(C)n1. The molecule has 2 aromatic rings. The average molecular weight is 244 g/mol. The summed E-state index contributed by atoms with van der Waals surface area (Å²) in [6, 6.07) is 11.9. The van der Waals surface area contributed by atoms with E-state index in [2.05, 4.69) is 18.1 Å². The Bertz CT molecular complexity index is 490. The molecule has 18 heavy (non-hydrogen) atoms. The Morgan fingerprint density at radius 1 is 1.28 bits per heavy atom. The third-order valence-electron chi connectivity index (χ3n) is 3.25. The maximum atomic E-state index is 10.1. The largest absolute Gasteiger partial charge is 0.388 e. The molecule has 2 rings (SSSR count). The van der Waals surface area contributed by atoms with Gasteiger partial charge in [0.05, 0.1) is 11.8 Å². The van der Waals surface area contributed by atoms with E-state index in [-0.39, 0.29) is 0 Å². The van der Waals surface area contributed by atoms with E-state index in [4.69, 9.17) is 0 Å². The molecule has 1 aromatic heterocycles. The fourth-order valence-electron chi connectivity index (χ4n) is 2.10. The first-order valence-electron chi connectivity index (χ1n) is 6.45. The molecule has 0 spiro atoms. The first-order chi connectivity index (χ1) is 8.70. The van der Waals surface area contributed by atoms with Crippen molar-refractivity contribution in [3.05, 3.63) is 53.3 Å². The van der Waals surface area contributed by atoms with Gasteiger partial charge in [0.25, 0.3) is 0 Å². The van der Waals surface area contributed by atoms with E-state index in [9.17, 15) is 5.11 Å². The molecule has 0 radical (unpaired) electrons. The van der Waals surface area contributed by atoms with Gasteiger partial charge in [-0.3, -0.25) is 4.68 Å². The van der Waals surface area contributed by atoms with Crippen LogP contribution in [0.5, 0.6) is 0 Å². The van der Waals surface area contributed by atoms with Gasteiger partial charge in [-0.1, -0.05) is 37.3 Å². The molecular formula is C15H20N2O. The van der Waals surface area contributed by atoms with Gasteiger partial charge < -0.3 is 5.11 Å². The molecule has 3 nitrogen and oxygen atoms in total. The van der Waals surface area contributed by atoms with Crippen molar-refractivity contribution in [2.24, 2.45) is 7.05 Å². The Morgan fingerprint density at radius 3 is 2.61 bits per heavy atom.